The molecule has 0 saturated heterocycles. The predicted octanol–water partition coefficient (Wildman–Crippen LogP) is 0.708. The van der Waals surface area contributed by atoms with Gasteiger partial charge in [0.1, 0.15) is 5.69 Å². The third-order valence-electron chi connectivity index (χ3n) is 2.48. The van der Waals surface area contributed by atoms with E-state index in [4.69, 9.17) is 0 Å². The molecule has 0 amide bonds. The summed E-state index contributed by atoms with van der Waals surface area (Å²) in [4.78, 5) is 12.3. The molecule has 1 aromatic heterocycles. The Bertz CT molecular complexity index is 414. The first kappa shape index (κ1) is 13.4. The van der Waals surface area contributed by atoms with Crippen LogP contribution in [0.4, 0.5) is 11.5 Å². The molecule has 0 radical (unpaired) electrons. The van der Waals surface area contributed by atoms with Gasteiger partial charge in [0.25, 0.3) is 0 Å². The molecule has 7 heteroatoms. The minimum absolute atomic E-state index is 0.0261. The number of nitro groups is 1. The molecule has 0 fully saturated rings. The second kappa shape index (κ2) is 5.13. The molecule has 0 saturated carbocycles. The second-order valence-electron chi connectivity index (χ2n) is 4.08. The van der Waals surface area contributed by atoms with E-state index in [2.05, 4.69) is 5.10 Å². The van der Waals surface area contributed by atoms with Gasteiger partial charge in [0.15, 0.2) is 0 Å². The maximum absolute atomic E-state index is 11.1. The Labute approximate surface area is 99.8 Å². The number of hydrogen-bond donors (Lipinski definition) is 1. The molecule has 96 valence electrons. The van der Waals surface area contributed by atoms with Crippen LogP contribution in [-0.2, 0) is 13.5 Å². The van der Waals surface area contributed by atoms with Crippen molar-refractivity contribution in [2.45, 2.75) is 26.4 Å². The van der Waals surface area contributed by atoms with E-state index in [1.807, 2.05) is 6.92 Å². The zero-order valence-electron chi connectivity index (χ0n) is 10.5. The smallest absolute Gasteiger partial charge is 0.334 e. The third kappa shape index (κ3) is 2.73. The number of aliphatic hydroxyl groups excluding tert-OH is 1. The van der Waals surface area contributed by atoms with Gasteiger partial charge in [-0.25, -0.2) is 4.68 Å². The van der Waals surface area contributed by atoms with Gasteiger partial charge in [-0.05, 0) is 13.3 Å². The van der Waals surface area contributed by atoms with Crippen LogP contribution in [0.5, 0.6) is 0 Å². The molecule has 1 N–H and O–H groups in total. The van der Waals surface area contributed by atoms with Crippen LogP contribution in [0.2, 0.25) is 0 Å². The Morgan fingerprint density at radius 2 is 2.24 bits per heavy atom. The lowest BCUT2D eigenvalue weighted by Gasteiger charge is -2.19. The maximum atomic E-state index is 11.1. The molecular weight excluding hydrogens is 224 g/mol. The molecule has 1 aromatic rings. The Hall–Kier alpha value is -1.63. The van der Waals surface area contributed by atoms with Crippen molar-refractivity contribution in [3.05, 3.63) is 15.8 Å². The molecule has 0 aromatic carbocycles. The SMILES string of the molecule is CCc1nn(C)c(N(C)CC(C)O)c1[N+](=O)[O-]. The van der Waals surface area contributed by atoms with E-state index >= 15 is 0 Å². The van der Waals surface area contributed by atoms with Gasteiger partial charge in [0.2, 0.25) is 5.82 Å². The van der Waals surface area contributed by atoms with Gasteiger partial charge in [0.05, 0.1) is 11.0 Å². The molecule has 0 bridgehead atoms. The van der Waals surface area contributed by atoms with Gasteiger partial charge in [-0.1, -0.05) is 6.92 Å². The lowest BCUT2D eigenvalue weighted by atomic mass is 10.2. The first-order valence-electron chi connectivity index (χ1n) is 5.47. The van der Waals surface area contributed by atoms with Crippen LogP contribution in [0.3, 0.4) is 0 Å². The van der Waals surface area contributed by atoms with Crippen molar-refractivity contribution in [2.24, 2.45) is 7.05 Å². The molecular formula is C10H18N4O3. The highest BCUT2D eigenvalue weighted by molar-refractivity contribution is 5.61. The van der Waals surface area contributed by atoms with Gasteiger partial charge in [-0.3, -0.25) is 10.1 Å². The number of likely N-dealkylation sites (N-methyl/N-ethyl adjacent to an activating group) is 1. The van der Waals surface area contributed by atoms with Crippen molar-refractivity contribution in [2.75, 3.05) is 18.5 Å². The summed E-state index contributed by atoms with van der Waals surface area (Å²) < 4.78 is 1.49. The van der Waals surface area contributed by atoms with E-state index in [1.54, 1.807) is 25.9 Å². The zero-order valence-corrected chi connectivity index (χ0v) is 10.5. The van der Waals surface area contributed by atoms with Crippen molar-refractivity contribution in [3.8, 4) is 0 Å². The largest absolute Gasteiger partial charge is 0.392 e. The standard InChI is InChI=1S/C10H18N4O3/c1-5-8-9(14(16)17)10(13(4)11-8)12(3)6-7(2)15/h7,15H,5-6H2,1-4H3. The fraction of sp³-hybridized carbons (Fsp3) is 0.700. The van der Waals surface area contributed by atoms with E-state index in [0.717, 1.165) is 0 Å². The molecule has 1 rings (SSSR count). The highest BCUT2D eigenvalue weighted by Crippen LogP contribution is 2.30. The van der Waals surface area contributed by atoms with Gasteiger partial charge < -0.3 is 10.0 Å². The molecule has 0 aliphatic carbocycles. The zero-order chi connectivity index (χ0) is 13.2. The summed E-state index contributed by atoms with van der Waals surface area (Å²) in [7, 11) is 3.37. The summed E-state index contributed by atoms with van der Waals surface area (Å²) in [5.41, 5.74) is 0.489. The Kier molecular flexibility index (Phi) is 4.06. The highest BCUT2D eigenvalue weighted by atomic mass is 16.6. The molecule has 0 aliphatic rings. The van der Waals surface area contributed by atoms with Crippen LogP contribution < -0.4 is 4.90 Å². The van der Waals surface area contributed by atoms with E-state index in [-0.39, 0.29) is 5.69 Å². The molecule has 7 nitrogen and oxygen atoms in total. The van der Waals surface area contributed by atoms with Gasteiger partial charge >= 0.3 is 5.69 Å². The number of aromatic nitrogens is 2. The fourth-order valence-corrected chi connectivity index (χ4v) is 1.89. The number of rotatable bonds is 5. The average molecular weight is 242 g/mol. The van der Waals surface area contributed by atoms with Crippen molar-refractivity contribution in [1.29, 1.82) is 0 Å². The van der Waals surface area contributed by atoms with Gasteiger partial charge in [-0.2, -0.15) is 5.10 Å². The number of aryl methyl sites for hydroxylation is 2. The summed E-state index contributed by atoms with van der Waals surface area (Å²) in [5, 5.41) is 24.5. The summed E-state index contributed by atoms with van der Waals surface area (Å²) in [6, 6.07) is 0. The number of hydrogen-bond acceptors (Lipinski definition) is 5. The summed E-state index contributed by atoms with van der Waals surface area (Å²) >= 11 is 0. The fourth-order valence-electron chi connectivity index (χ4n) is 1.89. The monoisotopic (exact) mass is 242 g/mol. The van der Waals surface area contributed by atoms with E-state index in [9.17, 15) is 15.2 Å². The minimum atomic E-state index is -0.556. The van der Waals surface area contributed by atoms with E-state index in [0.29, 0.717) is 24.5 Å². The topological polar surface area (TPSA) is 84.4 Å². The normalized spacial score (nSPS) is 12.5. The van der Waals surface area contributed by atoms with Crippen molar-refractivity contribution < 1.29 is 10.0 Å². The predicted molar refractivity (Wildman–Crippen MR) is 64.2 cm³/mol. The molecule has 1 atom stereocenters. The Balaban J connectivity index is 3.21. The Morgan fingerprint density at radius 1 is 1.65 bits per heavy atom. The Morgan fingerprint density at radius 3 is 2.65 bits per heavy atom. The molecule has 1 heterocycles. The number of anilines is 1. The van der Waals surface area contributed by atoms with Crippen molar-refractivity contribution in [1.82, 2.24) is 9.78 Å². The molecule has 0 aliphatic heterocycles. The highest BCUT2D eigenvalue weighted by Gasteiger charge is 2.28. The minimum Gasteiger partial charge on any atom is -0.392 e. The van der Waals surface area contributed by atoms with Crippen LogP contribution in [0.15, 0.2) is 0 Å². The summed E-state index contributed by atoms with van der Waals surface area (Å²) in [5.74, 6) is 0.424. The maximum Gasteiger partial charge on any atom is 0.334 e. The first-order valence-corrected chi connectivity index (χ1v) is 5.47. The number of nitrogens with zero attached hydrogens (tertiary/aromatic N) is 4. The first-order chi connectivity index (χ1) is 7.88. The molecule has 17 heavy (non-hydrogen) atoms. The third-order valence-corrected chi connectivity index (χ3v) is 2.48. The van der Waals surface area contributed by atoms with Crippen molar-refractivity contribution in [3.63, 3.8) is 0 Å². The van der Waals surface area contributed by atoms with Crippen LogP contribution in [0.1, 0.15) is 19.5 Å². The van der Waals surface area contributed by atoms with E-state index < -0.39 is 11.0 Å². The lowest BCUT2D eigenvalue weighted by molar-refractivity contribution is -0.384. The van der Waals surface area contributed by atoms with Gasteiger partial charge in [0, 0.05) is 20.6 Å². The lowest BCUT2D eigenvalue weighted by Crippen LogP contribution is -2.29. The summed E-state index contributed by atoms with van der Waals surface area (Å²) in [6.45, 7) is 3.79. The van der Waals surface area contributed by atoms with Crippen LogP contribution in [0.25, 0.3) is 0 Å². The molecule has 0 spiro atoms. The van der Waals surface area contributed by atoms with E-state index in [1.165, 1.54) is 4.68 Å². The van der Waals surface area contributed by atoms with Gasteiger partial charge in [-0.15, -0.1) is 0 Å². The second-order valence-corrected chi connectivity index (χ2v) is 4.08. The molecule has 1 unspecified atom stereocenters. The van der Waals surface area contributed by atoms with Crippen LogP contribution in [0, 0.1) is 10.1 Å². The average Bonchev–Trinajstić information content (AvgIpc) is 2.54. The summed E-state index contributed by atoms with van der Waals surface area (Å²) in [6.07, 6.45) is -0.0493. The van der Waals surface area contributed by atoms with Crippen molar-refractivity contribution >= 4 is 11.5 Å². The van der Waals surface area contributed by atoms with Crippen LogP contribution in [-0.4, -0.2) is 39.5 Å². The quantitative estimate of drug-likeness (QED) is 0.607. The van der Waals surface area contributed by atoms with Crippen LogP contribution >= 0.6 is 0 Å². The number of aliphatic hydroxyl groups is 1.